The van der Waals surface area contributed by atoms with Gasteiger partial charge in [0.2, 0.25) is 5.82 Å². The van der Waals surface area contributed by atoms with E-state index in [2.05, 4.69) is 15.6 Å². The molecule has 146 valence electrons. The molecule has 2 N–H and O–H groups in total. The summed E-state index contributed by atoms with van der Waals surface area (Å²) >= 11 is 6.11. The lowest BCUT2D eigenvalue weighted by molar-refractivity contribution is 0.0941. The number of nitrogens with one attached hydrogen (secondary N) is 2. The van der Waals surface area contributed by atoms with Crippen molar-refractivity contribution in [2.45, 2.75) is 6.42 Å². The first-order valence-electron chi connectivity index (χ1n) is 8.93. The highest BCUT2D eigenvalue weighted by molar-refractivity contribution is 6.34. The summed E-state index contributed by atoms with van der Waals surface area (Å²) in [4.78, 5) is 31.7. The second-order valence-corrected chi connectivity index (χ2v) is 6.99. The Morgan fingerprint density at radius 1 is 1.11 bits per heavy atom. The number of carbonyl (C=O) groups excluding carboxylic acids is 2. The summed E-state index contributed by atoms with van der Waals surface area (Å²) < 4.78 is 1.61. The van der Waals surface area contributed by atoms with Crippen LogP contribution in [0.5, 0.6) is 0 Å². The van der Waals surface area contributed by atoms with E-state index in [9.17, 15) is 9.59 Å². The van der Waals surface area contributed by atoms with Crippen molar-refractivity contribution < 1.29 is 9.59 Å². The van der Waals surface area contributed by atoms with Gasteiger partial charge in [0.05, 0.1) is 16.2 Å². The Balaban J connectivity index is 1.83. The van der Waals surface area contributed by atoms with E-state index in [-0.39, 0.29) is 17.4 Å². The van der Waals surface area contributed by atoms with Gasteiger partial charge >= 0.3 is 0 Å². The van der Waals surface area contributed by atoms with Crippen LogP contribution in [0.25, 0.3) is 5.52 Å². The molecule has 0 aliphatic heterocycles. The van der Waals surface area contributed by atoms with Crippen LogP contribution in [0.3, 0.4) is 0 Å². The molecule has 7 nitrogen and oxygen atoms in total. The van der Waals surface area contributed by atoms with E-state index in [0.29, 0.717) is 22.8 Å². The molecule has 28 heavy (non-hydrogen) atoms. The van der Waals surface area contributed by atoms with Crippen molar-refractivity contribution in [1.82, 2.24) is 19.6 Å². The van der Waals surface area contributed by atoms with E-state index in [4.69, 9.17) is 11.6 Å². The van der Waals surface area contributed by atoms with Crippen LogP contribution in [0.1, 0.15) is 27.5 Å². The van der Waals surface area contributed by atoms with Crippen molar-refractivity contribution in [3.63, 3.8) is 0 Å². The molecule has 2 heterocycles. The van der Waals surface area contributed by atoms with E-state index in [1.807, 2.05) is 19.0 Å². The van der Waals surface area contributed by atoms with Crippen molar-refractivity contribution >= 4 is 34.6 Å². The minimum absolute atomic E-state index is 0.166. The number of anilines is 1. The molecule has 0 radical (unpaired) electrons. The molecule has 8 heteroatoms. The zero-order valence-electron chi connectivity index (χ0n) is 15.8. The van der Waals surface area contributed by atoms with Crippen LogP contribution in [0, 0.1) is 0 Å². The highest BCUT2D eigenvalue weighted by Crippen LogP contribution is 2.22. The number of carbonyl (C=O) groups is 2. The number of fused-ring (bicyclic) bond motifs is 1. The maximum atomic E-state index is 12.8. The third-order valence-corrected chi connectivity index (χ3v) is 4.49. The fourth-order valence-electron chi connectivity index (χ4n) is 2.79. The average Bonchev–Trinajstić information content (AvgIpc) is 3.07. The third kappa shape index (κ3) is 4.49. The summed E-state index contributed by atoms with van der Waals surface area (Å²) in [6.45, 7) is 1.40. The fourth-order valence-corrected chi connectivity index (χ4v) is 2.97. The van der Waals surface area contributed by atoms with E-state index in [0.717, 1.165) is 13.0 Å². The van der Waals surface area contributed by atoms with E-state index < -0.39 is 5.91 Å². The number of imidazole rings is 1. The first-order valence-corrected chi connectivity index (χ1v) is 9.31. The number of nitrogens with zero attached hydrogens (tertiary/aromatic N) is 3. The molecule has 3 rings (SSSR count). The molecule has 0 aliphatic carbocycles. The summed E-state index contributed by atoms with van der Waals surface area (Å²) in [5.41, 5.74) is 1.20. The van der Waals surface area contributed by atoms with E-state index in [1.54, 1.807) is 53.1 Å². The molecule has 0 saturated carbocycles. The molecule has 0 bridgehead atoms. The maximum absolute atomic E-state index is 12.8. The molecule has 0 aliphatic rings. The number of pyridine rings is 1. The molecule has 0 spiro atoms. The molecule has 0 saturated heterocycles. The van der Waals surface area contributed by atoms with Gasteiger partial charge in [-0.1, -0.05) is 29.8 Å². The van der Waals surface area contributed by atoms with Crippen molar-refractivity contribution in [2.75, 3.05) is 32.5 Å². The number of hydrogen-bond donors (Lipinski definition) is 2. The number of benzene rings is 1. The minimum atomic E-state index is -0.427. The van der Waals surface area contributed by atoms with Gasteiger partial charge in [0.15, 0.2) is 5.69 Å². The van der Waals surface area contributed by atoms with Crippen LogP contribution in [-0.4, -0.2) is 53.3 Å². The van der Waals surface area contributed by atoms with Gasteiger partial charge in [0.25, 0.3) is 11.8 Å². The highest BCUT2D eigenvalue weighted by atomic mass is 35.5. The zero-order chi connectivity index (χ0) is 20.1. The highest BCUT2D eigenvalue weighted by Gasteiger charge is 2.21. The fraction of sp³-hybridized carbons (Fsp3) is 0.250. The molecular formula is C20H22ClN5O2. The third-order valence-electron chi connectivity index (χ3n) is 4.16. The standard InChI is InChI=1S/C20H22ClN5O2/c1-25(2)12-7-11-22-20(28)18-24-17(16-10-5-6-13-26(16)18)19(27)23-15-9-4-3-8-14(15)21/h3-6,8-10,13H,7,11-12H2,1-2H3,(H,22,28)(H,23,27). The Morgan fingerprint density at radius 3 is 2.61 bits per heavy atom. The van der Waals surface area contributed by atoms with Gasteiger partial charge in [-0.3, -0.25) is 14.0 Å². The van der Waals surface area contributed by atoms with Crippen molar-refractivity contribution in [3.8, 4) is 0 Å². The maximum Gasteiger partial charge on any atom is 0.287 e. The lowest BCUT2D eigenvalue weighted by Gasteiger charge is -2.09. The Hall–Kier alpha value is -2.90. The number of aromatic nitrogens is 2. The van der Waals surface area contributed by atoms with Crippen molar-refractivity contribution in [3.05, 3.63) is 65.2 Å². The van der Waals surface area contributed by atoms with Crippen LogP contribution >= 0.6 is 11.6 Å². The summed E-state index contributed by atoms with van der Waals surface area (Å²) in [6.07, 6.45) is 2.53. The smallest absolute Gasteiger partial charge is 0.287 e. The normalized spacial score (nSPS) is 11.0. The van der Waals surface area contributed by atoms with Gasteiger partial charge in [-0.25, -0.2) is 4.98 Å². The number of rotatable bonds is 7. The molecule has 2 aromatic heterocycles. The first kappa shape index (κ1) is 19.9. The Bertz CT molecular complexity index is 999. The van der Waals surface area contributed by atoms with Crippen molar-refractivity contribution in [1.29, 1.82) is 0 Å². The number of amides is 2. The van der Waals surface area contributed by atoms with E-state index >= 15 is 0 Å². The predicted molar refractivity (Wildman–Crippen MR) is 110 cm³/mol. The monoisotopic (exact) mass is 399 g/mol. The Labute approximate surface area is 168 Å². The average molecular weight is 400 g/mol. The topological polar surface area (TPSA) is 78.7 Å². The van der Waals surface area contributed by atoms with Crippen molar-refractivity contribution in [2.24, 2.45) is 0 Å². The van der Waals surface area contributed by atoms with Gasteiger partial charge in [0, 0.05) is 12.7 Å². The molecule has 3 aromatic rings. The number of para-hydroxylation sites is 1. The summed E-state index contributed by atoms with van der Waals surface area (Å²) in [5, 5.41) is 6.04. The number of halogens is 1. The van der Waals surface area contributed by atoms with E-state index in [1.165, 1.54) is 0 Å². The largest absolute Gasteiger partial charge is 0.349 e. The molecule has 1 aromatic carbocycles. The molecule has 2 amide bonds. The lowest BCUT2D eigenvalue weighted by atomic mass is 10.3. The minimum Gasteiger partial charge on any atom is -0.349 e. The Kier molecular flexibility index (Phi) is 6.28. The van der Waals surface area contributed by atoms with Gasteiger partial charge in [-0.15, -0.1) is 0 Å². The van der Waals surface area contributed by atoms with Crippen LogP contribution in [0.4, 0.5) is 5.69 Å². The molecule has 0 fully saturated rings. The first-order chi connectivity index (χ1) is 13.5. The zero-order valence-corrected chi connectivity index (χ0v) is 16.5. The quantitative estimate of drug-likeness (QED) is 0.599. The van der Waals surface area contributed by atoms with Crippen LogP contribution < -0.4 is 10.6 Å². The molecule has 0 atom stereocenters. The SMILES string of the molecule is CN(C)CCCNC(=O)c1nc(C(=O)Nc2ccccc2Cl)c2ccccn12. The second-order valence-electron chi connectivity index (χ2n) is 6.59. The summed E-state index contributed by atoms with van der Waals surface area (Å²) in [6, 6.07) is 12.3. The summed E-state index contributed by atoms with van der Waals surface area (Å²) in [5.74, 6) is -0.579. The van der Waals surface area contributed by atoms with Crippen LogP contribution in [0.15, 0.2) is 48.7 Å². The Morgan fingerprint density at radius 2 is 1.86 bits per heavy atom. The van der Waals surface area contributed by atoms with Gasteiger partial charge < -0.3 is 15.5 Å². The number of hydrogen-bond acceptors (Lipinski definition) is 4. The predicted octanol–water partition coefficient (Wildman–Crippen LogP) is 2.92. The van der Waals surface area contributed by atoms with Crippen LogP contribution in [0.2, 0.25) is 5.02 Å². The van der Waals surface area contributed by atoms with Crippen LogP contribution in [-0.2, 0) is 0 Å². The van der Waals surface area contributed by atoms with Gasteiger partial charge in [-0.05, 0) is 51.3 Å². The second kappa shape index (κ2) is 8.86. The lowest BCUT2D eigenvalue weighted by Crippen LogP contribution is -2.28. The molecular weight excluding hydrogens is 378 g/mol. The van der Waals surface area contributed by atoms with Gasteiger partial charge in [0.1, 0.15) is 0 Å². The summed E-state index contributed by atoms with van der Waals surface area (Å²) in [7, 11) is 3.96. The van der Waals surface area contributed by atoms with Gasteiger partial charge in [-0.2, -0.15) is 0 Å². The molecule has 0 unspecified atom stereocenters.